The van der Waals surface area contributed by atoms with E-state index in [0.29, 0.717) is 12.5 Å². The van der Waals surface area contributed by atoms with E-state index >= 15 is 0 Å². The summed E-state index contributed by atoms with van der Waals surface area (Å²) >= 11 is 0. The first-order valence-corrected chi connectivity index (χ1v) is 5.93. The largest absolute Gasteiger partial charge is 0.330 e. The fourth-order valence-corrected chi connectivity index (χ4v) is 1.27. The Morgan fingerprint density at radius 3 is 2.53 bits per heavy atom. The van der Waals surface area contributed by atoms with Gasteiger partial charge in [-0.1, -0.05) is 33.8 Å². The fraction of sp³-hybridized carbons (Fsp3) is 0.615. The van der Waals surface area contributed by atoms with Gasteiger partial charge in [-0.3, -0.25) is 4.98 Å². The normalized spacial score (nSPS) is 11.5. The van der Waals surface area contributed by atoms with Gasteiger partial charge in [0.25, 0.3) is 0 Å². The van der Waals surface area contributed by atoms with Gasteiger partial charge in [-0.15, -0.1) is 0 Å². The Balaban J connectivity index is 0.000000921. The minimum atomic E-state index is 0.553. The van der Waals surface area contributed by atoms with Gasteiger partial charge in [0.05, 0.1) is 0 Å². The molecule has 1 unspecified atom stereocenters. The molecule has 0 bridgehead atoms. The van der Waals surface area contributed by atoms with E-state index in [0.717, 1.165) is 18.5 Å². The zero-order valence-electron chi connectivity index (χ0n) is 10.5. The van der Waals surface area contributed by atoms with Gasteiger partial charge in [0.15, 0.2) is 0 Å². The third-order valence-electron chi connectivity index (χ3n) is 2.35. The first-order chi connectivity index (χ1) is 7.27. The summed E-state index contributed by atoms with van der Waals surface area (Å²) in [5.74, 6) is 0.553. The Morgan fingerprint density at radius 1 is 1.33 bits per heavy atom. The summed E-state index contributed by atoms with van der Waals surface area (Å²) in [4.78, 5) is 4.55. The Morgan fingerprint density at radius 2 is 2.00 bits per heavy atom. The van der Waals surface area contributed by atoms with Crippen molar-refractivity contribution in [2.45, 2.75) is 46.5 Å². The lowest BCUT2D eigenvalue weighted by molar-refractivity contribution is 0.700. The highest BCUT2D eigenvalue weighted by Crippen LogP contribution is 2.16. The molecule has 1 aromatic rings. The third-order valence-corrected chi connectivity index (χ3v) is 2.35. The van der Waals surface area contributed by atoms with Gasteiger partial charge in [0, 0.05) is 17.8 Å². The SMILES string of the molecule is CC.CCC(C)c1cccc(CCN)n1. The van der Waals surface area contributed by atoms with E-state index in [1.807, 2.05) is 19.9 Å². The second-order valence-electron chi connectivity index (χ2n) is 3.40. The minimum Gasteiger partial charge on any atom is -0.330 e. The first-order valence-electron chi connectivity index (χ1n) is 5.93. The quantitative estimate of drug-likeness (QED) is 0.825. The Kier molecular flexibility index (Phi) is 7.92. The third kappa shape index (κ3) is 4.93. The molecule has 0 saturated carbocycles. The van der Waals surface area contributed by atoms with Crippen molar-refractivity contribution in [2.24, 2.45) is 5.73 Å². The van der Waals surface area contributed by atoms with E-state index in [1.165, 1.54) is 5.69 Å². The smallest absolute Gasteiger partial charge is 0.0434 e. The van der Waals surface area contributed by atoms with Crippen LogP contribution in [0.1, 0.15) is 51.4 Å². The van der Waals surface area contributed by atoms with Crippen LogP contribution in [0.25, 0.3) is 0 Å². The van der Waals surface area contributed by atoms with E-state index in [1.54, 1.807) is 0 Å². The zero-order valence-corrected chi connectivity index (χ0v) is 10.5. The number of hydrogen-bond donors (Lipinski definition) is 1. The summed E-state index contributed by atoms with van der Waals surface area (Å²) in [5.41, 5.74) is 7.78. The van der Waals surface area contributed by atoms with Crippen LogP contribution in [0.2, 0.25) is 0 Å². The average Bonchev–Trinajstić information content (AvgIpc) is 2.31. The highest BCUT2D eigenvalue weighted by molar-refractivity contribution is 5.14. The molecule has 1 aromatic heterocycles. The molecule has 0 aliphatic heterocycles. The number of aromatic nitrogens is 1. The van der Waals surface area contributed by atoms with E-state index < -0.39 is 0 Å². The van der Waals surface area contributed by atoms with Crippen molar-refractivity contribution < 1.29 is 0 Å². The molecule has 1 atom stereocenters. The molecular formula is C13H24N2. The molecule has 0 saturated heterocycles. The van der Waals surface area contributed by atoms with Crippen LogP contribution in [-0.2, 0) is 6.42 Å². The van der Waals surface area contributed by atoms with Crippen molar-refractivity contribution >= 4 is 0 Å². The molecule has 2 N–H and O–H groups in total. The van der Waals surface area contributed by atoms with Crippen LogP contribution in [0.5, 0.6) is 0 Å². The van der Waals surface area contributed by atoms with Crippen LogP contribution >= 0.6 is 0 Å². The minimum absolute atomic E-state index is 0.553. The maximum absolute atomic E-state index is 5.48. The molecule has 0 aromatic carbocycles. The number of pyridine rings is 1. The van der Waals surface area contributed by atoms with Gasteiger partial charge in [-0.25, -0.2) is 0 Å². The standard InChI is InChI=1S/C11H18N2.C2H6/c1-3-9(2)11-6-4-5-10(13-11)7-8-12;1-2/h4-6,9H,3,7-8,12H2,1-2H3;1-2H3. The first kappa shape index (κ1) is 14.1. The lowest BCUT2D eigenvalue weighted by Crippen LogP contribution is -2.06. The van der Waals surface area contributed by atoms with Gasteiger partial charge in [-0.05, 0) is 31.0 Å². The highest BCUT2D eigenvalue weighted by atomic mass is 14.7. The molecule has 0 fully saturated rings. The molecule has 1 rings (SSSR count). The summed E-state index contributed by atoms with van der Waals surface area (Å²) in [6, 6.07) is 6.20. The maximum Gasteiger partial charge on any atom is 0.0434 e. The van der Waals surface area contributed by atoms with Crippen LogP contribution in [0.3, 0.4) is 0 Å². The Hall–Kier alpha value is -0.890. The Labute approximate surface area is 93.9 Å². The summed E-state index contributed by atoms with van der Waals surface area (Å²) in [7, 11) is 0. The van der Waals surface area contributed by atoms with Crippen LogP contribution in [-0.4, -0.2) is 11.5 Å². The molecular weight excluding hydrogens is 184 g/mol. The van der Waals surface area contributed by atoms with E-state index in [4.69, 9.17) is 5.73 Å². The van der Waals surface area contributed by atoms with Crippen LogP contribution in [0, 0.1) is 0 Å². The summed E-state index contributed by atoms with van der Waals surface area (Å²) in [6.45, 7) is 9.06. The number of rotatable bonds is 4. The molecule has 0 spiro atoms. The fourth-order valence-electron chi connectivity index (χ4n) is 1.27. The number of nitrogens with zero attached hydrogens (tertiary/aromatic N) is 1. The average molecular weight is 208 g/mol. The Bertz CT molecular complexity index is 258. The van der Waals surface area contributed by atoms with Crippen LogP contribution in [0.15, 0.2) is 18.2 Å². The summed E-state index contributed by atoms with van der Waals surface area (Å²) in [5, 5.41) is 0. The van der Waals surface area contributed by atoms with E-state index in [9.17, 15) is 0 Å². The van der Waals surface area contributed by atoms with E-state index in [2.05, 4.69) is 31.0 Å². The molecule has 2 heteroatoms. The second kappa shape index (κ2) is 8.42. The van der Waals surface area contributed by atoms with Crippen molar-refractivity contribution in [3.05, 3.63) is 29.6 Å². The molecule has 0 amide bonds. The van der Waals surface area contributed by atoms with Crippen molar-refractivity contribution in [2.75, 3.05) is 6.54 Å². The topological polar surface area (TPSA) is 38.9 Å². The molecule has 2 nitrogen and oxygen atoms in total. The predicted octanol–water partition coefficient (Wildman–Crippen LogP) is 3.12. The van der Waals surface area contributed by atoms with Gasteiger partial charge in [0.1, 0.15) is 0 Å². The predicted molar refractivity (Wildman–Crippen MR) is 67.0 cm³/mol. The van der Waals surface area contributed by atoms with Crippen LogP contribution < -0.4 is 5.73 Å². The van der Waals surface area contributed by atoms with Gasteiger partial charge >= 0.3 is 0 Å². The second-order valence-corrected chi connectivity index (χ2v) is 3.40. The molecule has 86 valence electrons. The zero-order chi connectivity index (χ0) is 11.7. The monoisotopic (exact) mass is 208 g/mol. The van der Waals surface area contributed by atoms with Gasteiger partial charge < -0.3 is 5.73 Å². The van der Waals surface area contributed by atoms with Crippen molar-refractivity contribution in [3.63, 3.8) is 0 Å². The van der Waals surface area contributed by atoms with Crippen molar-refractivity contribution in [3.8, 4) is 0 Å². The number of hydrogen-bond acceptors (Lipinski definition) is 2. The molecule has 15 heavy (non-hydrogen) atoms. The lowest BCUT2D eigenvalue weighted by Gasteiger charge is -2.08. The maximum atomic E-state index is 5.48. The lowest BCUT2D eigenvalue weighted by atomic mass is 10.0. The summed E-state index contributed by atoms with van der Waals surface area (Å²) in [6.07, 6.45) is 2.02. The van der Waals surface area contributed by atoms with Gasteiger partial charge in [-0.2, -0.15) is 0 Å². The van der Waals surface area contributed by atoms with Gasteiger partial charge in [0.2, 0.25) is 0 Å². The molecule has 0 radical (unpaired) electrons. The van der Waals surface area contributed by atoms with Crippen molar-refractivity contribution in [1.82, 2.24) is 4.98 Å². The van der Waals surface area contributed by atoms with E-state index in [-0.39, 0.29) is 0 Å². The summed E-state index contributed by atoms with van der Waals surface area (Å²) < 4.78 is 0. The molecule has 0 aliphatic carbocycles. The molecule has 1 heterocycles. The van der Waals surface area contributed by atoms with Crippen molar-refractivity contribution in [1.29, 1.82) is 0 Å². The molecule has 0 aliphatic rings. The van der Waals surface area contributed by atoms with Crippen LogP contribution in [0.4, 0.5) is 0 Å². The number of nitrogens with two attached hydrogens (primary N) is 1. The highest BCUT2D eigenvalue weighted by Gasteiger charge is 2.04.